The number of likely N-dealkylation sites (N-methyl/N-ethyl adjacent to an activating group) is 1. The number of tetrazole rings is 1. The average molecular weight is 476 g/mol. The van der Waals surface area contributed by atoms with Crippen LogP contribution in [0.15, 0.2) is 62.7 Å². The lowest BCUT2D eigenvalue weighted by molar-refractivity contribution is -0.113. The molecule has 0 aliphatic heterocycles. The smallest absolute Gasteiger partial charge is 0.330 e. The molecule has 0 aliphatic rings. The lowest BCUT2D eigenvalue weighted by atomic mass is 10.2. The van der Waals surface area contributed by atoms with Gasteiger partial charge in [-0.05, 0) is 29.0 Å². The van der Waals surface area contributed by atoms with Crippen LogP contribution in [0.1, 0.15) is 25.5 Å². The molecule has 0 aliphatic carbocycles. The molecule has 3 N–H and O–H groups in total. The number of hydrogen-bond donors (Lipinski definition) is 2. The second-order valence-corrected chi connectivity index (χ2v) is 7.69. The fourth-order valence-corrected chi connectivity index (χ4v) is 3.55. The number of nitrogens with one attached hydrogen (secondary N) is 1. The van der Waals surface area contributed by atoms with Crippen molar-refractivity contribution in [3.8, 4) is 11.4 Å². The third-order valence-electron chi connectivity index (χ3n) is 5.36. The molecule has 180 valence electrons. The summed E-state index contributed by atoms with van der Waals surface area (Å²) in [6.45, 7) is 2.26. The van der Waals surface area contributed by atoms with Gasteiger partial charge in [-0.2, -0.15) is 4.68 Å². The molecule has 12 nitrogen and oxygen atoms in total. The number of nitrogen functional groups attached to an aromatic ring is 1. The summed E-state index contributed by atoms with van der Waals surface area (Å²) >= 11 is 0. The van der Waals surface area contributed by atoms with Gasteiger partial charge in [0, 0.05) is 25.2 Å². The molecule has 12 heteroatoms. The Morgan fingerprint density at radius 2 is 1.97 bits per heavy atom. The maximum Gasteiger partial charge on any atom is 0.330 e. The summed E-state index contributed by atoms with van der Waals surface area (Å²) in [5.41, 5.74) is 5.29. The highest BCUT2D eigenvalue weighted by Gasteiger charge is 2.27. The molecule has 3 aromatic heterocycles. The molecule has 0 fully saturated rings. The van der Waals surface area contributed by atoms with Crippen molar-refractivity contribution in [1.29, 1.82) is 0 Å². The minimum absolute atomic E-state index is 0.00332. The number of H-pyrrole nitrogens is 1. The summed E-state index contributed by atoms with van der Waals surface area (Å²) in [6, 6.07) is 12.4. The van der Waals surface area contributed by atoms with Gasteiger partial charge in [0.15, 0.2) is 11.5 Å². The van der Waals surface area contributed by atoms with Crippen molar-refractivity contribution in [2.24, 2.45) is 0 Å². The third kappa shape index (κ3) is 4.67. The predicted octanol–water partition coefficient (Wildman–Crippen LogP) is 1.83. The first kappa shape index (κ1) is 23.4. The van der Waals surface area contributed by atoms with Gasteiger partial charge in [-0.15, -0.1) is 5.10 Å². The van der Waals surface area contributed by atoms with Crippen molar-refractivity contribution in [2.75, 3.05) is 17.7 Å². The fraction of sp³-hybridized carbons (Fsp3) is 0.217. The molecule has 0 bridgehead atoms. The number of rotatable bonds is 8. The molecule has 4 rings (SSSR count). The molecule has 0 radical (unpaired) electrons. The van der Waals surface area contributed by atoms with Crippen molar-refractivity contribution >= 4 is 29.2 Å². The number of anilines is 2. The fourth-order valence-electron chi connectivity index (χ4n) is 3.55. The van der Waals surface area contributed by atoms with E-state index < -0.39 is 17.2 Å². The van der Waals surface area contributed by atoms with Crippen LogP contribution < -0.4 is 21.9 Å². The van der Waals surface area contributed by atoms with Gasteiger partial charge in [0.05, 0.1) is 6.26 Å². The van der Waals surface area contributed by atoms with Crippen LogP contribution in [0.4, 0.5) is 11.5 Å². The van der Waals surface area contributed by atoms with E-state index in [1.165, 1.54) is 28.6 Å². The Bertz CT molecular complexity index is 1470. The van der Waals surface area contributed by atoms with E-state index in [0.717, 1.165) is 11.3 Å². The number of unbranched alkanes of at least 4 members (excludes halogenated alkanes) is 1. The van der Waals surface area contributed by atoms with Gasteiger partial charge in [0.1, 0.15) is 17.3 Å². The van der Waals surface area contributed by atoms with E-state index in [1.54, 1.807) is 24.3 Å². The highest BCUT2D eigenvalue weighted by molar-refractivity contribution is 6.25. The van der Waals surface area contributed by atoms with Crippen LogP contribution >= 0.6 is 0 Å². The van der Waals surface area contributed by atoms with Crippen molar-refractivity contribution in [2.45, 2.75) is 26.3 Å². The Labute approximate surface area is 199 Å². The second kappa shape index (κ2) is 10.0. The van der Waals surface area contributed by atoms with Crippen LogP contribution in [0, 0.1) is 0 Å². The Morgan fingerprint density at radius 3 is 2.66 bits per heavy atom. The summed E-state index contributed by atoms with van der Waals surface area (Å²) in [7, 11) is 1.39. The SMILES string of the molecule is CCCCn1c(N)c(N(C)C(=O)C(=Cc2ccco2)n2nnnc2-c2ccccc2)c(=O)[nH]c1=O. The number of carbonyl (C=O) groups is 1. The molecule has 35 heavy (non-hydrogen) atoms. The molecular formula is C23H24N8O4. The molecule has 0 saturated heterocycles. The van der Waals surface area contributed by atoms with E-state index in [1.807, 2.05) is 25.1 Å². The van der Waals surface area contributed by atoms with Crippen LogP contribution in [-0.2, 0) is 11.3 Å². The van der Waals surface area contributed by atoms with Gasteiger partial charge in [-0.25, -0.2) is 4.79 Å². The zero-order chi connectivity index (χ0) is 24.9. The minimum atomic E-state index is -0.784. The average Bonchev–Trinajstić information content (AvgIpc) is 3.54. The zero-order valence-electron chi connectivity index (χ0n) is 19.2. The number of nitrogens with two attached hydrogens (primary N) is 1. The molecule has 1 amide bonds. The van der Waals surface area contributed by atoms with E-state index in [-0.39, 0.29) is 17.2 Å². The summed E-state index contributed by atoms with van der Waals surface area (Å²) in [4.78, 5) is 42.1. The van der Waals surface area contributed by atoms with Crippen molar-refractivity contribution in [1.82, 2.24) is 29.8 Å². The Kier molecular flexibility index (Phi) is 6.71. The Hall–Kier alpha value is -4.74. The van der Waals surface area contributed by atoms with E-state index in [9.17, 15) is 14.4 Å². The molecule has 0 saturated carbocycles. The number of amides is 1. The first-order valence-corrected chi connectivity index (χ1v) is 10.9. The van der Waals surface area contributed by atoms with E-state index in [2.05, 4.69) is 20.5 Å². The van der Waals surface area contributed by atoms with Crippen LogP contribution in [0.2, 0.25) is 0 Å². The van der Waals surface area contributed by atoms with Gasteiger partial charge in [-0.1, -0.05) is 43.7 Å². The quantitative estimate of drug-likeness (QED) is 0.365. The number of hydrogen-bond acceptors (Lipinski definition) is 8. The normalized spacial score (nSPS) is 11.5. The molecule has 1 aromatic carbocycles. The van der Waals surface area contributed by atoms with Gasteiger partial charge in [0.2, 0.25) is 0 Å². The first-order valence-electron chi connectivity index (χ1n) is 10.9. The van der Waals surface area contributed by atoms with Crippen LogP contribution in [0.3, 0.4) is 0 Å². The molecule has 0 spiro atoms. The zero-order valence-corrected chi connectivity index (χ0v) is 19.2. The maximum atomic E-state index is 13.8. The number of aromatic amines is 1. The Morgan fingerprint density at radius 1 is 1.20 bits per heavy atom. The van der Waals surface area contributed by atoms with E-state index in [4.69, 9.17) is 10.2 Å². The number of benzene rings is 1. The monoisotopic (exact) mass is 476 g/mol. The lowest BCUT2D eigenvalue weighted by Crippen LogP contribution is -2.40. The third-order valence-corrected chi connectivity index (χ3v) is 5.36. The largest absolute Gasteiger partial charge is 0.465 e. The van der Waals surface area contributed by atoms with Gasteiger partial charge < -0.3 is 15.1 Å². The second-order valence-electron chi connectivity index (χ2n) is 7.69. The number of nitrogens with zero attached hydrogens (tertiary/aromatic N) is 6. The van der Waals surface area contributed by atoms with Crippen LogP contribution in [0.5, 0.6) is 0 Å². The van der Waals surface area contributed by atoms with E-state index in [0.29, 0.717) is 30.1 Å². The van der Waals surface area contributed by atoms with E-state index >= 15 is 0 Å². The van der Waals surface area contributed by atoms with Gasteiger partial charge in [-0.3, -0.25) is 19.1 Å². The first-order chi connectivity index (χ1) is 16.9. The molecule has 4 aromatic rings. The summed E-state index contributed by atoms with van der Waals surface area (Å²) in [5, 5.41) is 11.8. The highest BCUT2D eigenvalue weighted by Crippen LogP contribution is 2.24. The minimum Gasteiger partial charge on any atom is -0.465 e. The predicted molar refractivity (Wildman–Crippen MR) is 130 cm³/mol. The Balaban J connectivity index is 1.83. The molecule has 3 heterocycles. The number of carbonyl (C=O) groups excluding carboxylic acids is 1. The van der Waals surface area contributed by atoms with Crippen LogP contribution in [0.25, 0.3) is 23.2 Å². The molecular weight excluding hydrogens is 452 g/mol. The summed E-state index contributed by atoms with van der Waals surface area (Å²) in [6.07, 6.45) is 4.40. The maximum absolute atomic E-state index is 13.8. The molecule has 0 atom stereocenters. The van der Waals surface area contributed by atoms with Crippen molar-refractivity contribution < 1.29 is 9.21 Å². The molecule has 0 unspecified atom stereocenters. The van der Waals surface area contributed by atoms with Crippen molar-refractivity contribution in [3.05, 3.63) is 75.3 Å². The lowest BCUT2D eigenvalue weighted by Gasteiger charge is -2.21. The van der Waals surface area contributed by atoms with Crippen molar-refractivity contribution in [3.63, 3.8) is 0 Å². The van der Waals surface area contributed by atoms with Gasteiger partial charge >= 0.3 is 5.69 Å². The standard InChI is InChI=1S/C23H24N8O4/c1-3-4-12-30-19(24)18(21(32)25-23(30)34)29(2)22(33)17(14-16-11-8-13-35-16)31-20(26-27-28-31)15-9-6-5-7-10-15/h5-11,13-14H,3-4,12,24H2,1-2H3,(H,25,32,34). The summed E-state index contributed by atoms with van der Waals surface area (Å²) in [5.74, 6) is -0.0878. The number of aromatic nitrogens is 6. The summed E-state index contributed by atoms with van der Waals surface area (Å²) < 4.78 is 7.90. The topological polar surface area (TPSA) is 158 Å². The number of furan rings is 1. The highest BCUT2D eigenvalue weighted by atomic mass is 16.3. The van der Waals surface area contributed by atoms with Crippen LogP contribution in [-0.4, -0.2) is 42.7 Å². The van der Waals surface area contributed by atoms with Gasteiger partial charge in [0.25, 0.3) is 11.5 Å².